The van der Waals surface area contributed by atoms with Gasteiger partial charge in [0.25, 0.3) is 5.91 Å². The minimum atomic E-state index is 0.0105. The minimum Gasteiger partial charge on any atom is -0.336 e. The molecule has 1 saturated heterocycles. The van der Waals surface area contributed by atoms with Gasteiger partial charge in [-0.05, 0) is 32.4 Å². The summed E-state index contributed by atoms with van der Waals surface area (Å²) in [5, 5.41) is 3.42. The predicted molar refractivity (Wildman–Crippen MR) is 69.2 cm³/mol. The van der Waals surface area contributed by atoms with E-state index in [2.05, 4.69) is 19.2 Å². The first-order valence-electron chi connectivity index (χ1n) is 6.09. The third-order valence-corrected chi connectivity index (χ3v) is 3.23. The van der Waals surface area contributed by atoms with E-state index in [0.717, 1.165) is 30.8 Å². The summed E-state index contributed by atoms with van der Waals surface area (Å²) in [7, 11) is 0. The number of amides is 1. The zero-order valence-electron chi connectivity index (χ0n) is 10.8. The number of rotatable bonds is 1. The molecule has 1 aliphatic rings. The highest BCUT2D eigenvalue weighted by Gasteiger charge is 2.29. The van der Waals surface area contributed by atoms with E-state index >= 15 is 0 Å². The van der Waals surface area contributed by atoms with Crippen LogP contribution in [0.4, 0.5) is 0 Å². The summed E-state index contributed by atoms with van der Waals surface area (Å²) in [5.74, 6) is 0.151. The van der Waals surface area contributed by atoms with Gasteiger partial charge < -0.3 is 10.2 Å². The van der Waals surface area contributed by atoms with Crippen molar-refractivity contribution in [1.82, 2.24) is 10.2 Å². The monoisotopic (exact) mass is 232 g/mol. The molecule has 0 aromatic heterocycles. The molecule has 1 fully saturated rings. The van der Waals surface area contributed by atoms with Crippen LogP contribution in [0.25, 0.3) is 0 Å². The highest BCUT2D eigenvalue weighted by molar-refractivity contribution is 5.95. The van der Waals surface area contributed by atoms with Crippen LogP contribution in [0.5, 0.6) is 0 Å². The molecule has 2 rings (SSSR count). The number of aryl methyl sites for hydroxylation is 1. The molecule has 1 heterocycles. The third kappa shape index (κ3) is 2.67. The summed E-state index contributed by atoms with van der Waals surface area (Å²) >= 11 is 0. The van der Waals surface area contributed by atoms with Crippen molar-refractivity contribution < 1.29 is 4.79 Å². The molecule has 3 nitrogen and oxygen atoms in total. The molecule has 0 spiro atoms. The SMILES string of the molecule is Cc1ccccc1C(=O)N1CCNC(C)(C)C1. The van der Waals surface area contributed by atoms with Gasteiger partial charge in [-0.1, -0.05) is 18.2 Å². The second kappa shape index (κ2) is 4.49. The number of hydrogen-bond donors (Lipinski definition) is 1. The Morgan fingerprint density at radius 1 is 1.35 bits per heavy atom. The fourth-order valence-electron chi connectivity index (χ4n) is 2.30. The summed E-state index contributed by atoms with van der Waals surface area (Å²) < 4.78 is 0. The van der Waals surface area contributed by atoms with Gasteiger partial charge in [0.15, 0.2) is 0 Å². The molecule has 17 heavy (non-hydrogen) atoms. The maximum atomic E-state index is 12.4. The number of nitrogens with one attached hydrogen (secondary N) is 1. The van der Waals surface area contributed by atoms with Crippen LogP contribution in [-0.2, 0) is 0 Å². The highest BCUT2D eigenvalue weighted by atomic mass is 16.2. The van der Waals surface area contributed by atoms with E-state index in [4.69, 9.17) is 0 Å². The Kier molecular flexibility index (Phi) is 3.20. The van der Waals surface area contributed by atoms with Crippen molar-refractivity contribution >= 4 is 5.91 Å². The topological polar surface area (TPSA) is 32.3 Å². The molecule has 0 aliphatic carbocycles. The van der Waals surface area contributed by atoms with E-state index in [1.54, 1.807) is 0 Å². The van der Waals surface area contributed by atoms with Gasteiger partial charge >= 0.3 is 0 Å². The highest BCUT2D eigenvalue weighted by Crippen LogP contribution is 2.15. The van der Waals surface area contributed by atoms with Crippen LogP contribution in [0, 0.1) is 6.92 Å². The largest absolute Gasteiger partial charge is 0.336 e. The molecule has 3 heteroatoms. The molecule has 0 bridgehead atoms. The summed E-state index contributed by atoms with van der Waals surface area (Å²) in [4.78, 5) is 14.3. The van der Waals surface area contributed by atoms with Crippen molar-refractivity contribution in [3.05, 3.63) is 35.4 Å². The smallest absolute Gasteiger partial charge is 0.254 e. The number of nitrogens with zero attached hydrogens (tertiary/aromatic N) is 1. The molecule has 92 valence electrons. The van der Waals surface area contributed by atoms with Gasteiger partial charge in [0.2, 0.25) is 0 Å². The van der Waals surface area contributed by atoms with Crippen molar-refractivity contribution in [2.75, 3.05) is 19.6 Å². The Hall–Kier alpha value is -1.35. The van der Waals surface area contributed by atoms with Crippen LogP contribution in [0.15, 0.2) is 24.3 Å². The summed E-state index contributed by atoms with van der Waals surface area (Å²) in [5.41, 5.74) is 1.88. The van der Waals surface area contributed by atoms with Crippen LogP contribution >= 0.6 is 0 Å². The van der Waals surface area contributed by atoms with Crippen molar-refractivity contribution in [2.24, 2.45) is 0 Å². The minimum absolute atomic E-state index is 0.0105. The lowest BCUT2D eigenvalue weighted by Crippen LogP contribution is -2.58. The first-order chi connectivity index (χ1) is 7.99. The van der Waals surface area contributed by atoms with Crippen LogP contribution in [-0.4, -0.2) is 36.0 Å². The fraction of sp³-hybridized carbons (Fsp3) is 0.500. The molecular weight excluding hydrogens is 212 g/mol. The predicted octanol–water partition coefficient (Wildman–Crippen LogP) is 1.82. The molecule has 0 saturated carbocycles. The molecule has 1 aromatic rings. The first-order valence-corrected chi connectivity index (χ1v) is 6.09. The quantitative estimate of drug-likeness (QED) is 0.801. The normalized spacial score (nSPS) is 19.1. The first kappa shape index (κ1) is 12.1. The second-order valence-corrected chi connectivity index (χ2v) is 5.35. The maximum Gasteiger partial charge on any atom is 0.254 e. The van der Waals surface area contributed by atoms with Crippen molar-refractivity contribution in [3.8, 4) is 0 Å². The van der Waals surface area contributed by atoms with E-state index < -0.39 is 0 Å². The number of carbonyl (C=O) groups is 1. The molecule has 0 atom stereocenters. The standard InChI is InChI=1S/C14H20N2O/c1-11-6-4-5-7-12(11)13(17)16-9-8-15-14(2,3)10-16/h4-7,15H,8-10H2,1-3H3. The van der Waals surface area contributed by atoms with Gasteiger partial charge in [-0.3, -0.25) is 4.79 Å². The zero-order chi connectivity index (χ0) is 12.5. The maximum absolute atomic E-state index is 12.4. The average molecular weight is 232 g/mol. The summed E-state index contributed by atoms with van der Waals surface area (Å²) in [6.07, 6.45) is 0. The van der Waals surface area contributed by atoms with Crippen LogP contribution in [0.3, 0.4) is 0 Å². The molecule has 1 N–H and O–H groups in total. The summed E-state index contributed by atoms with van der Waals surface area (Å²) in [6, 6.07) is 7.79. The summed E-state index contributed by atoms with van der Waals surface area (Å²) in [6.45, 7) is 8.66. The Morgan fingerprint density at radius 3 is 2.71 bits per heavy atom. The van der Waals surface area contributed by atoms with Gasteiger partial charge in [0.1, 0.15) is 0 Å². The molecule has 0 unspecified atom stereocenters. The molecule has 1 aliphatic heterocycles. The number of benzene rings is 1. The van der Waals surface area contributed by atoms with Gasteiger partial charge in [-0.15, -0.1) is 0 Å². The Morgan fingerprint density at radius 2 is 2.06 bits per heavy atom. The van der Waals surface area contributed by atoms with E-state index in [0.29, 0.717) is 0 Å². The average Bonchev–Trinajstić information content (AvgIpc) is 2.27. The third-order valence-electron chi connectivity index (χ3n) is 3.23. The van der Waals surface area contributed by atoms with Crippen LogP contribution in [0.1, 0.15) is 29.8 Å². The van der Waals surface area contributed by atoms with Gasteiger partial charge in [0, 0.05) is 30.7 Å². The lowest BCUT2D eigenvalue weighted by molar-refractivity contribution is 0.0651. The lowest BCUT2D eigenvalue weighted by Gasteiger charge is -2.39. The second-order valence-electron chi connectivity index (χ2n) is 5.35. The van der Waals surface area contributed by atoms with Crippen molar-refractivity contribution in [2.45, 2.75) is 26.3 Å². The Balaban J connectivity index is 2.18. The Bertz CT molecular complexity index is 426. The number of carbonyl (C=O) groups excluding carboxylic acids is 1. The molecular formula is C14H20N2O. The van der Waals surface area contributed by atoms with Crippen LogP contribution < -0.4 is 5.32 Å². The number of hydrogen-bond acceptors (Lipinski definition) is 2. The molecule has 1 aromatic carbocycles. The van der Waals surface area contributed by atoms with Crippen molar-refractivity contribution in [1.29, 1.82) is 0 Å². The zero-order valence-corrected chi connectivity index (χ0v) is 10.8. The van der Waals surface area contributed by atoms with Gasteiger partial charge in [0.05, 0.1) is 0 Å². The van der Waals surface area contributed by atoms with Gasteiger partial charge in [-0.2, -0.15) is 0 Å². The van der Waals surface area contributed by atoms with E-state index in [-0.39, 0.29) is 11.4 Å². The fourth-order valence-corrected chi connectivity index (χ4v) is 2.30. The van der Waals surface area contributed by atoms with E-state index in [1.807, 2.05) is 36.1 Å². The van der Waals surface area contributed by atoms with Crippen LogP contribution in [0.2, 0.25) is 0 Å². The van der Waals surface area contributed by atoms with E-state index in [1.165, 1.54) is 0 Å². The molecule has 0 radical (unpaired) electrons. The number of piperazine rings is 1. The van der Waals surface area contributed by atoms with Crippen molar-refractivity contribution in [3.63, 3.8) is 0 Å². The van der Waals surface area contributed by atoms with Gasteiger partial charge in [-0.25, -0.2) is 0 Å². The van der Waals surface area contributed by atoms with E-state index in [9.17, 15) is 4.79 Å². The Labute approximate surface area is 103 Å². The lowest BCUT2D eigenvalue weighted by atomic mass is 10.0. The molecule has 1 amide bonds.